The van der Waals surface area contributed by atoms with Crippen LogP contribution in [0.25, 0.3) is 0 Å². The molecule has 4 rings (SSSR count). The Hall–Kier alpha value is -3.95. The van der Waals surface area contributed by atoms with Gasteiger partial charge in [0, 0.05) is 51.1 Å². The maximum atomic E-state index is 13.3. The monoisotopic (exact) mass is 508 g/mol. The molecule has 2 aromatic rings. The van der Waals surface area contributed by atoms with E-state index < -0.39 is 0 Å². The Kier molecular flexibility index (Phi) is 8.37. The van der Waals surface area contributed by atoms with E-state index >= 15 is 0 Å². The number of rotatable bonds is 8. The lowest BCUT2D eigenvalue weighted by Crippen LogP contribution is -2.48. The van der Waals surface area contributed by atoms with Crippen LogP contribution in [0.15, 0.2) is 18.3 Å². The summed E-state index contributed by atoms with van der Waals surface area (Å²) in [7, 11) is 5.07. The number of methoxy groups -OCH3 is 2. The van der Waals surface area contributed by atoms with Crippen LogP contribution in [0.4, 0.5) is 22.1 Å². The van der Waals surface area contributed by atoms with Crippen molar-refractivity contribution in [3.8, 4) is 11.9 Å². The number of amides is 3. The fourth-order valence-electron chi connectivity index (χ4n) is 4.44. The Balaban J connectivity index is 1.53. The van der Waals surface area contributed by atoms with Crippen LogP contribution in [0.3, 0.4) is 0 Å². The van der Waals surface area contributed by atoms with Gasteiger partial charge in [-0.15, -0.1) is 0 Å². The van der Waals surface area contributed by atoms with Crippen molar-refractivity contribution in [1.29, 1.82) is 5.26 Å². The molecule has 1 saturated heterocycles. The number of urea groups is 1. The van der Waals surface area contributed by atoms with Gasteiger partial charge in [-0.05, 0) is 31.5 Å². The number of aryl methyl sites for hydroxylation is 1. The van der Waals surface area contributed by atoms with Gasteiger partial charge in [0.1, 0.15) is 17.7 Å². The van der Waals surface area contributed by atoms with E-state index in [1.807, 2.05) is 22.9 Å². The summed E-state index contributed by atoms with van der Waals surface area (Å²) < 4.78 is 10.6. The number of pyridine rings is 2. The first-order chi connectivity index (χ1) is 17.9. The second kappa shape index (κ2) is 11.9. The molecule has 12 heteroatoms. The lowest BCUT2D eigenvalue weighted by molar-refractivity contribution is -0.136. The van der Waals surface area contributed by atoms with Gasteiger partial charge in [-0.2, -0.15) is 10.2 Å². The van der Waals surface area contributed by atoms with Crippen LogP contribution in [0, 0.1) is 11.3 Å². The summed E-state index contributed by atoms with van der Waals surface area (Å²) >= 11 is 0. The highest BCUT2D eigenvalue weighted by atomic mass is 16.5. The molecular weight excluding hydrogens is 476 g/mol. The number of nitrogens with zero attached hydrogens (tertiary/aromatic N) is 6. The Morgan fingerprint density at radius 2 is 2.08 bits per heavy atom. The molecular formula is C25H32N8O4. The molecule has 3 amide bonds. The molecule has 37 heavy (non-hydrogen) atoms. The molecule has 0 aromatic carbocycles. The summed E-state index contributed by atoms with van der Waals surface area (Å²) in [6.07, 6.45) is 2.95. The van der Waals surface area contributed by atoms with Crippen molar-refractivity contribution in [2.75, 3.05) is 76.1 Å². The predicted molar refractivity (Wildman–Crippen MR) is 138 cm³/mol. The van der Waals surface area contributed by atoms with E-state index in [0.29, 0.717) is 68.1 Å². The van der Waals surface area contributed by atoms with E-state index in [4.69, 9.17) is 9.47 Å². The van der Waals surface area contributed by atoms with Gasteiger partial charge >= 0.3 is 6.03 Å². The number of nitrogens with one attached hydrogen (secondary N) is 2. The average Bonchev–Trinajstić information content (AvgIpc) is 2.89. The summed E-state index contributed by atoms with van der Waals surface area (Å²) in [5.74, 6) is 1.31. The van der Waals surface area contributed by atoms with Crippen LogP contribution in [0.1, 0.15) is 23.1 Å². The largest absolute Gasteiger partial charge is 0.481 e. The Labute approximate surface area is 216 Å². The number of ether oxygens (including phenoxy) is 2. The Morgan fingerprint density at radius 3 is 2.81 bits per heavy atom. The molecule has 196 valence electrons. The first-order valence-electron chi connectivity index (χ1n) is 12.2. The van der Waals surface area contributed by atoms with Crippen LogP contribution in [0.5, 0.6) is 5.88 Å². The minimum Gasteiger partial charge on any atom is -0.481 e. The first kappa shape index (κ1) is 26.1. The number of aromatic nitrogens is 2. The van der Waals surface area contributed by atoms with Crippen molar-refractivity contribution < 1.29 is 19.1 Å². The highest BCUT2D eigenvalue weighted by Crippen LogP contribution is 2.32. The van der Waals surface area contributed by atoms with Gasteiger partial charge in [-0.1, -0.05) is 0 Å². The molecule has 0 aliphatic carbocycles. The van der Waals surface area contributed by atoms with Gasteiger partial charge in [0.2, 0.25) is 11.8 Å². The topological polar surface area (TPSA) is 136 Å². The summed E-state index contributed by atoms with van der Waals surface area (Å²) in [4.78, 5) is 40.0. The SMILES string of the molecule is COCCNc1cc(NC(=O)N2CCCc3cc(CN4CCN(C)CC4=O)c(OC)nc32)ncc1C#N. The van der Waals surface area contributed by atoms with Gasteiger partial charge in [0.15, 0.2) is 0 Å². The molecule has 12 nitrogen and oxygen atoms in total. The number of fused-ring (bicyclic) bond motifs is 1. The van der Waals surface area contributed by atoms with Gasteiger partial charge < -0.3 is 19.7 Å². The lowest BCUT2D eigenvalue weighted by atomic mass is 10.0. The average molecular weight is 509 g/mol. The molecule has 2 aromatic heterocycles. The van der Waals surface area contributed by atoms with Crippen molar-refractivity contribution in [3.05, 3.63) is 35.0 Å². The zero-order valence-electron chi connectivity index (χ0n) is 21.4. The lowest BCUT2D eigenvalue weighted by Gasteiger charge is -2.33. The third kappa shape index (κ3) is 6.07. The molecule has 2 aliphatic heterocycles. The normalized spacial score (nSPS) is 15.7. The minimum absolute atomic E-state index is 0.0699. The van der Waals surface area contributed by atoms with Crippen molar-refractivity contribution in [2.24, 2.45) is 0 Å². The number of hydrogen-bond acceptors (Lipinski definition) is 9. The first-order valence-corrected chi connectivity index (χ1v) is 12.2. The van der Waals surface area contributed by atoms with Gasteiger partial charge in [0.25, 0.3) is 0 Å². The van der Waals surface area contributed by atoms with Crippen molar-refractivity contribution in [2.45, 2.75) is 19.4 Å². The predicted octanol–water partition coefficient (Wildman–Crippen LogP) is 1.67. The Bertz CT molecular complexity index is 1200. The maximum Gasteiger partial charge on any atom is 0.328 e. The second-order valence-electron chi connectivity index (χ2n) is 9.02. The summed E-state index contributed by atoms with van der Waals surface area (Å²) in [5.41, 5.74) is 2.68. The van der Waals surface area contributed by atoms with Crippen molar-refractivity contribution in [3.63, 3.8) is 0 Å². The zero-order valence-corrected chi connectivity index (χ0v) is 21.4. The van der Waals surface area contributed by atoms with Gasteiger partial charge in [0.05, 0.1) is 38.1 Å². The molecule has 2 aliphatic rings. The van der Waals surface area contributed by atoms with E-state index in [2.05, 4.69) is 26.7 Å². The molecule has 0 bridgehead atoms. The molecule has 0 radical (unpaired) electrons. The molecule has 2 N–H and O–H groups in total. The minimum atomic E-state index is -0.377. The third-order valence-corrected chi connectivity index (χ3v) is 6.39. The number of carbonyl (C=O) groups excluding carboxylic acids is 2. The second-order valence-corrected chi connectivity index (χ2v) is 9.02. The number of piperazine rings is 1. The van der Waals surface area contributed by atoms with E-state index in [0.717, 1.165) is 30.5 Å². The van der Waals surface area contributed by atoms with Crippen molar-refractivity contribution in [1.82, 2.24) is 19.8 Å². The molecule has 0 unspecified atom stereocenters. The fourth-order valence-corrected chi connectivity index (χ4v) is 4.44. The summed E-state index contributed by atoms with van der Waals surface area (Å²) in [6.45, 7) is 3.72. The number of hydrogen-bond donors (Lipinski definition) is 2. The number of anilines is 3. The fraction of sp³-hybridized carbons (Fsp3) is 0.480. The standard InChI is InChI=1S/C25H32N8O4/c1-31-8-9-32(22(34)16-31)15-18-11-17-5-4-7-33(23(17)30-24(18)37-3)25(35)29-21-12-20(27-6-10-36-2)19(13-26)14-28-21/h11-12,14H,4-10,15-16H2,1-3H3,(H2,27,28,29,35). The Morgan fingerprint density at radius 1 is 1.24 bits per heavy atom. The zero-order chi connectivity index (χ0) is 26.4. The third-order valence-electron chi connectivity index (χ3n) is 6.39. The molecule has 0 spiro atoms. The molecule has 0 saturated carbocycles. The van der Waals surface area contributed by atoms with Crippen LogP contribution >= 0.6 is 0 Å². The molecule has 4 heterocycles. The maximum absolute atomic E-state index is 13.3. The highest BCUT2D eigenvalue weighted by Gasteiger charge is 2.28. The van der Waals surface area contributed by atoms with E-state index in [1.54, 1.807) is 18.1 Å². The van der Waals surface area contributed by atoms with E-state index in [1.165, 1.54) is 13.3 Å². The summed E-state index contributed by atoms with van der Waals surface area (Å²) in [6, 6.07) is 5.33. The van der Waals surface area contributed by atoms with Crippen LogP contribution in [-0.2, 0) is 22.5 Å². The smallest absolute Gasteiger partial charge is 0.328 e. The van der Waals surface area contributed by atoms with Gasteiger partial charge in [-0.25, -0.2) is 9.78 Å². The van der Waals surface area contributed by atoms with Gasteiger partial charge in [-0.3, -0.25) is 19.9 Å². The highest BCUT2D eigenvalue weighted by molar-refractivity contribution is 6.01. The summed E-state index contributed by atoms with van der Waals surface area (Å²) in [5, 5.41) is 15.3. The van der Waals surface area contributed by atoms with Crippen molar-refractivity contribution >= 4 is 29.3 Å². The number of likely N-dealkylation sites (N-methyl/N-ethyl adjacent to an activating group) is 1. The van der Waals surface area contributed by atoms with Crippen LogP contribution in [0.2, 0.25) is 0 Å². The van der Waals surface area contributed by atoms with E-state index in [-0.39, 0.29) is 11.9 Å². The molecule has 1 fully saturated rings. The molecule has 0 atom stereocenters. The van der Waals surface area contributed by atoms with Crippen LogP contribution < -0.4 is 20.3 Å². The van der Waals surface area contributed by atoms with E-state index in [9.17, 15) is 14.9 Å². The number of nitriles is 1. The number of carbonyl (C=O) groups is 2. The van der Waals surface area contributed by atoms with Crippen LogP contribution in [-0.4, -0.2) is 92.3 Å². The quantitative estimate of drug-likeness (QED) is 0.510.